The van der Waals surface area contributed by atoms with Gasteiger partial charge in [-0.25, -0.2) is 0 Å². The lowest BCUT2D eigenvalue weighted by atomic mass is 9.80. The van der Waals surface area contributed by atoms with Crippen molar-refractivity contribution in [2.45, 2.75) is 25.3 Å². The van der Waals surface area contributed by atoms with Crippen molar-refractivity contribution in [2.75, 3.05) is 6.54 Å². The molecule has 2 heteroatoms. The van der Waals surface area contributed by atoms with Crippen LogP contribution in [-0.2, 0) is 0 Å². The molecule has 1 aliphatic rings. The van der Waals surface area contributed by atoms with Crippen molar-refractivity contribution >= 4 is 5.91 Å². The third-order valence-corrected chi connectivity index (χ3v) is 4.19. The Bertz CT molecular complexity index is 579. The van der Waals surface area contributed by atoms with E-state index in [1.165, 1.54) is 5.56 Å². The van der Waals surface area contributed by atoms with Crippen LogP contribution in [-0.4, -0.2) is 23.4 Å². The molecule has 1 heterocycles. The maximum absolute atomic E-state index is 12.5. The van der Waals surface area contributed by atoms with Crippen LogP contribution in [0, 0.1) is 0 Å². The number of hydrogen-bond donors (Lipinski definition) is 0. The van der Waals surface area contributed by atoms with E-state index in [1.54, 1.807) is 0 Å². The summed E-state index contributed by atoms with van der Waals surface area (Å²) < 4.78 is 0. The van der Waals surface area contributed by atoms with Crippen molar-refractivity contribution in [1.82, 2.24) is 4.90 Å². The van der Waals surface area contributed by atoms with Crippen molar-refractivity contribution < 1.29 is 4.79 Å². The summed E-state index contributed by atoms with van der Waals surface area (Å²) in [7, 11) is 0. The van der Waals surface area contributed by atoms with Gasteiger partial charge in [0.2, 0.25) is 0 Å². The molecule has 3 rings (SSSR count). The summed E-state index contributed by atoms with van der Waals surface area (Å²) >= 11 is 0. The Morgan fingerprint density at radius 3 is 2.25 bits per heavy atom. The Morgan fingerprint density at radius 2 is 1.65 bits per heavy atom. The fraction of sp³-hybridized carbons (Fsp3) is 0.278. The van der Waals surface area contributed by atoms with Crippen LogP contribution in [0.3, 0.4) is 0 Å². The lowest BCUT2D eigenvalue weighted by molar-refractivity contribution is 0.0348. The summed E-state index contributed by atoms with van der Waals surface area (Å²) in [4.78, 5) is 14.5. The minimum Gasteiger partial charge on any atom is -0.334 e. The van der Waals surface area contributed by atoms with Crippen molar-refractivity contribution in [3.63, 3.8) is 0 Å². The average Bonchev–Trinajstić information content (AvgIpc) is 2.48. The predicted octanol–water partition coefficient (Wildman–Crippen LogP) is 3.70. The van der Waals surface area contributed by atoms with E-state index in [9.17, 15) is 4.79 Å². The summed E-state index contributed by atoms with van der Waals surface area (Å²) in [6.45, 7) is 2.99. The first-order valence-corrected chi connectivity index (χ1v) is 7.22. The molecule has 20 heavy (non-hydrogen) atoms. The summed E-state index contributed by atoms with van der Waals surface area (Å²) in [5, 5.41) is 0. The highest BCUT2D eigenvalue weighted by Crippen LogP contribution is 2.36. The monoisotopic (exact) mass is 265 g/mol. The number of carbonyl (C=O) groups excluding carboxylic acids is 1. The fourth-order valence-corrected chi connectivity index (χ4v) is 3.06. The molecule has 0 aliphatic carbocycles. The second-order valence-electron chi connectivity index (χ2n) is 5.32. The van der Waals surface area contributed by atoms with Crippen LogP contribution >= 0.6 is 0 Å². The minimum absolute atomic E-state index is 0.157. The van der Waals surface area contributed by atoms with Crippen molar-refractivity contribution in [1.29, 1.82) is 0 Å². The Hall–Kier alpha value is -2.09. The quantitative estimate of drug-likeness (QED) is 0.828. The third kappa shape index (κ3) is 2.22. The van der Waals surface area contributed by atoms with Gasteiger partial charge >= 0.3 is 0 Å². The Labute approximate surface area is 120 Å². The van der Waals surface area contributed by atoms with E-state index in [0.717, 1.165) is 18.5 Å². The van der Waals surface area contributed by atoms with Crippen LogP contribution in [0.5, 0.6) is 0 Å². The highest BCUT2D eigenvalue weighted by Gasteiger charge is 2.41. The number of benzene rings is 2. The molecule has 1 amide bonds. The maximum atomic E-state index is 12.5. The summed E-state index contributed by atoms with van der Waals surface area (Å²) in [5.74, 6) is 0.637. The molecule has 2 aromatic carbocycles. The molecule has 0 spiro atoms. The molecule has 102 valence electrons. The van der Waals surface area contributed by atoms with Gasteiger partial charge in [0.15, 0.2) is 0 Å². The smallest absolute Gasteiger partial charge is 0.254 e. The molecule has 2 nitrogen and oxygen atoms in total. The van der Waals surface area contributed by atoms with E-state index < -0.39 is 0 Å². The summed E-state index contributed by atoms with van der Waals surface area (Å²) in [6, 6.07) is 20.4. The second kappa shape index (κ2) is 5.49. The second-order valence-corrected chi connectivity index (χ2v) is 5.32. The van der Waals surface area contributed by atoms with E-state index in [-0.39, 0.29) is 5.91 Å². The van der Waals surface area contributed by atoms with Crippen LogP contribution in [0.1, 0.15) is 35.2 Å². The van der Waals surface area contributed by atoms with Crippen LogP contribution in [0.4, 0.5) is 0 Å². The van der Waals surface area contributed by atoms with Crippen molar-refractivity contribution in [2.24, 2.45) is 0 Å². The molecule has 1 aliphatic heterocycles. The molecule has 0 saturated carbocycles. The Balaban J connectivity index is 1.76. The van der Waals surface area contributed by atoms with Gasteiger partial charge in [0.25, 0.3) is 5.91 Å². The third-order valence-electron chi connectivity index (χ3n) is 4.19. The van der Waals surface area contributed by atoms with Crippen LogP contribution in [0.2, 0.25) is 0 Å². The number of nitrogens with zero attached hydrogens (tertiary/aromatic N) is 1. The highest BCUT2D eigenvalue weighted by molar-refractivity contribution is 5.95. The number of carbonyl (C=O) groups is 1. The van der Waals surface area contributed by atoms with Crippen LogP contribution in [0.25, 0.3) is 0 Å². The molecule has 2 aromatic rings. The Kier molecular flexibility index (Phi) is 3.55. The Morgan fingerprint density at radius 1 is 1.05 bits per heavy atom. The molecular formula is C18H19NO. The van der Waals surface area contributed by atoms with Gasteiger partial charge in [-0.1, -0.05) is 55.5 Å². The first-order chi connectivity index (χ1) is 9.81. The number of rotatable bonds is 3. The van der Waals surface area contributed by atoms with Gasteiger partial charge in [0.1, 0.15) is 0 Å². The minimum atomic E-state index is 0.157. The van der Waals surface area contributed by atoms with Crippen LogP contribution < -0.4 is 0 Å². The topological polar surface area (TPSA) is 20.3 Å². The first-order valence-electron chi connectivity index (χ1n) is 7.22. The molecule has 0 aromatic heterocycles. The fourth-order valence-electron chi connectivity index (χ4n) is 3.06. The van der Waals surface area contributed by atoms with Gasteiger partial charge in [-0.05, 0) is 24.1 Å². The lowest BCUT2D eigenvalue weighted by Crippen LogP contribution is -2.56. The van der Waals surface area contributed by atoms with E-state index in [1.807, 2.05) is 41.3 Å². The maximum Gasteiger partial charge on any atom is 0.254 e. The van der Waals surface area contributed by atoms with Gasteiger partial charge in [-0.15, -0.1) is 0 Å². The molecule has 0 unspecified atom stereocenters. The van der Waals surface area contributed by atoms with E-state index >= 15 is 0 Å². The molecule has 0 radical (unpaired) electrons. The normalized spacial score (nSPS) is 21.4. The lowest BCUT2D eigenvalue weighted by Gasteiger charge is -2.48. The van der Waals surface area contributed by atoms with Crippen molar-refractivity contribution in [3.05, 3.63) is 71.8 Å². The molecule has 0 bridgehead atoms. The molecule has 2 atom stereocenters. The average molecular weight is 265 g/mol. The largest absolute Gasteiger partial charge is 0.334 e. The van der Waals surface area contributed by atoms with Crippen molar-refractivity contribution in [3.8, 4) is 0 Å². The van der Waals surface area contributed by atoms with E-state index in [2.05, 4.69) is 31.2 Å². The van der Waals surface area contributed by atoms with E-state index in [4.69, 9.17) is 0 Å². The number of amides is 1. The molecule has 1 saturated heterocycles. The zero-order valence-corrected chi connectivity index (χ0v) is 11.7. The van der Waals surface area contributed by atoms with Gasteiger partial charge in [0, 0.05) is 24.1 Å². The van der Waals surface area contributed by atoms with Gasteiger partial charge in [-0.3, -0.25) is 4.79 Å². The number of likely N-dealkylation sites (tertiary alicyclic amines) is 1. The highest BCUT2D eigenvalue weighted by atomic mass is 16.2. The van der Waals surface area contributed by atoms with Gasteiger partial charge < -0.3 is 4.90 Å². The predicted molar refractivity (Wildman–Crippen MR) is 80.7 cm³/mol. The number of hydrogen-bond acceptors (Lipinski definition) is 1. The SMILES string of the molecule is CC[C@@H]1[C@@H](c2ccccc2)CN1C(=O)c1ccccc1. The summed E-state index contributed by atoms with van der Waals surface area (Å²) in [6.07, 6.45) is 0.998. The molecular weight excluding hydrogens is 246 g/mol. The van der Waals surface area contributed by atoms with Gasteiger partial charge in [-0.2, -0.15) is 0 Å². The standard InChI is InChI=1S/C18H19NO/c1-2-17-16(14-9-5-3-6-10-14)13-19(17)18(20)15-11-7-4-8-12-15/h3-12,16-17H,2,13H2,1H3/t16-,17-/m1/s1. The molecule has 1 fully saturated rings. The molecule has 0 N–H and O–H groups in total. The van der Waals surface area contributed by atoms with Crippen LogP contribution in [0.15, 0.2) is 60.7 Å². The van der Waals surface area contributed by atoms with Gasteiger partial charge in [0.05, 0.1) is 0 Å². The zero-order chi connectivity index (χ0) is 13.9. The zero-order valence-electron chi connectivity index (χ0n) is 11.7. The summed E-state index contributed by atoms with van der Waals surface area (Å²) in [5.41, 5.74) is 2.13. The first kappa shape index (κ1) is 12.9. The van der Waals surface area contributed by atoms with E-state index in [0.29, 0.717) is 12.0 Å².